The number of amides is 1. The molecule has 0 fully saturated rings. The molecular weight excluding hydrogens is 218 g/mol. The van der Waals surface area contributed by atoms with Crippen LogP contribution in [-0.4, -0.2) is 23.0 Å². The normalized spacial score (nSPS) is 11.9. The van der Waals surface area contributed by atoms with Crippen molar-refractivity contribution in [3.63, 3.8) is 0 Å². The Morgan fingerprint density at radius 3 is 2.65 bits per heavy atom. The summed E-state index contributed by atoms with van der Waals surface area (Å²) in [4.78, 5) is 22.7. The average molecular weight is 235 g/mol. The minimum Gasteiger partial charge on any atom is -0.480 e. The fraction of sp³-hybridized carbons (Fsp3) is 0.385. The molecule has 0 saturated carbocycles. The summed E-state index contributed by atoms with van der Waals surface area (Å²) in [6.07, 6.45) is 1.15. The van der Waals surface area contributed by atoms with E-state index in [-0.39, 0.29) is 5.91 Å². The first-order valence-electron chi connectivity index (χ1n) is 5.65. The lowest BCUT2D eigenvalue weighted by molar-refractivity contribution is -0.139. The fourth-order valence-electron chi connectivity index (χ4n) is 1.57. The van der Waals surface area contributed by atoms with Gasteiger partial charge >= 0.3 is 5.97 Å². The lowest BCUT2D eigenvalue weighted by Gasteiger charge is -2.13. The van der Waals surface area contributed by atoms with Crippen LogP contribution in [-0.2, 0) is 4.79 Å². The van der Waals surface area contributed by atoms with E-state index in [0.29, 0.717) is 18.4 Å². The highest BCUT2D eigenvalue weighted by atomic mass is 16.4. The summed E-state index contributed by atoms with van der Waals surface area (Å²) >= 11 is 0. The first kappa shape index (κ1) is 13.2. The lowest BCUT2D eigenvalue weighted by Crippen LogP contribution is -2.40. The van der Waals surface area contributed by atoms with Crippen LogP contribution >= 0.6 is 0 Å². The smallest absolute Gasteiger partial charge is 0.326 e. The molecule has 0 heterocycles. The Morgan fingerprint density at radius 1 is 1.41 bits per heavy atom. The minimum absolute atomic E-state index is 0.338. The Labute approximate surface area is 101 Å². The summed E-state index contributed by atoms with van der Waals surface area (Å²) in [5.41, 5.74) is 1.47. The monoisotopic (exact) mass is 235 g/mol. The van der Waals surface area contributed by atoms with Gasteiger partial charge in [-0.15, -0.1) is 0 Å². The van der Waals surface area contributed by atoms with Gasteiger partial charge in [-0.1, -0.05) is 31.0 Å². The summed E-state index contributed by atoms with van der Waals surface area (Å²) in [5.74, 6) is -1.33. The van der Waals surface area contributed by atoms with E-state index >= 15 is 0 Å². The van der Waals surface area contributed by atoms with Crippen LogP contribution in [0.25, 0.3) is 0 Å². The van der Waals surface area contributed by atoms with E-state index in [2.05, 4.69) is 5.32 Å². The van der Waals surface area contributed by atoms with E-state index in [9.17, 15) is 9.59 Å². The minimum atomic E-state index is -0.993. The van der Waals surface area contributed by atoms with Crippen LogP contribution in [0, 0.1) is 6.92 Å². The van der Waals surface area contributed by atoms with Crippen molar-refractivity contribution in [1.29, 1.82) is 0 Å². The van der Waals surface area contributed by atoms with Gasteiger partial charge in [0, 0.05) is 5.56 Å². The number of aliphatic carboxylic acids is 1. The zero-order valence-corrected chi connectivity index (χ0v) is 10.1. The quantitative estimate of drug-likeness (QED) is 0.820. The number of rotatable bonds is 5. The van der Waals surface area contributed by atoms with Gasteiger partial charge < -0.3 is 10.4 Å². The highest BCUT2D eigenvalue weighted by Crippen LogP contribution is 2.05. The van der Waals surface area contributed by atoms with E-state index in [1.54, 1.807) is 18.2 Å². The third-order valence-electron chi connectivity index (χ3n) is 2.46. The van der Waals surface area contributed by atoms with Gasteiger partial charge in [0.15, 0.2) is 0 Å². The second kappa shape index (κ2) is 6.03. The Kier molecular flexibility index (Phi) is 4.69. The molecule has 1 aromatic carbocycles. The number of carboxylic acids is 1. The molecule has 0 aliphatic rings. The first-order chi connectivity index (χ1) is 8.04. The molecule has 0 spiro atoms. The van der Waals surface area contributed by atoms with Crippen LogP contribution in [0.4, 0.5) is 0 Å². The van der Waals surface area contributed by atoms with Crippen LogP contribution in [0.3, 0.4) is 0 Å². The fourth-order valence-corrected chi connectivity index (χ4v) is 1.57. The molecule has 92 valence electrons. The molecule has 0 bridgehead atoms. The molecule has 2 N–H and O–H groups in total. The summed E-state index contributed by atoms with van der Waals surface area (Å²) in [6, 6.07) is 6.26. The van der Waals surface area contributed by atoms with Crippen LogP contribution in [0.1, 0.15) is 35.7 Å². The standard InChI is InChI=1S/C13H17NO3/c1-3-5-11(13(16)17)14-12(15)10-7-4-6-9(2)8-10/h4,6-8,11H,3,5H2,1-2H3,(H,14,15)(H,16,17)/t11-/m0/s1. The molecule has 0 aliphatic heterocycles. The average Bonchev–Trinajstić information content (AvgIpc) is 2.28. The Morgan fingerprint density at radius 2 is 2.12 bits per heavy atom. The van der Waals surface area contributed by atoms with Crippen molar-refractivity contribution in [2.45, 2.75) is 32.7 Å². The second-order valence-corrected chi connectivity index (χ2v) is 4.02. The van der Waals surface area contributed by atoms with Gasteiger partial charge in [0.05, 0.1) is 0 Å². The number of carboxylic acid groups (broad SMARTS) is 1. The molecule has 4 nitrogen and oxygen atoms in total. The first-order valence-corrected chi connectivity index (χ1v) is 5.65. The molecule has 0 aliphatic carbocycles. The van der Waals surface area contributed by atoms with E-state index in [0.717, 1.165) is 5.56 Å². The number of carbonyl (C=O) groups excluding carboxylic acids is 1. The van der Waals surface area contributed by atoms with Crippen LogP contribution in [0.2, 0.25) is 0 Å². The lowest BCUT2D eigenvalue weighted by atomic mass is 10.1. The predicted molar refractivity (Wildman–Crippen MR) is 65.0 cm³/mol. The summed E-state index contributed by atoms with van der Waals surface area (Å²) in [6.45, 7) is 3.77. The molecule has 0 saturated heterocycles. The van der Waals surface area contributed by atoms with Gasteiger partial charge in [0.25, 0.3) is 5.91 Å². The molecule has 0 aromatic heterocycles. The Balaban J connectivity index is 2.73. The molecular formula is C13H17NO3. The van der Waals surface area contributed by atoms with Gasteiger partial charge in [-0.25, -0.2) is 4.79 Å². The maximum atomic E-state index is 11.8. The maximum Gasteiger partial charge on any atom is 0.326 e. The van der Waals surface area contributed by atoms with Gasteiger partial charge in [-0.2, -0.15) is 0 Å². The van der Waals surface area contributed by atoms with Crippen molar-refractivity contribution in [3.05, 3.63) is 35.4 Å². The van der Waals surface area contributed by atoms with Crippen molar-refractivity contribution in [3.8, 4) is 0 Å². The highest BCUT2D eigenvalue weighted by molar-refractivity contribution is 5.96. The Hall–Kier alpha value is -1.84. The largest absolute Gasteiger partial charge is 0.480 e. The van der Waals surface area contributed by atoms with Crippen molar-refractivity contribution >= 4 is 11.9 Å². The topological polar surface area (TPSA) is 66.4 Å². The third-order valence-corrected chi connectivity index (χ3v) is 2.46. The van der Waals surface area contributed by atoms with Gasteiger partial charge in [-0.05, 0) is 25.5 Å². The van der Waals surface area contributed by atoms with E-state index in [1.807, 2.05) is 19.9 Å². The number of benzene rings is 1. The summed E-state index contributed by atoms with van der Waals surface area (Å²) in [5, 5.41) is 11.5. The van der Waals surface area contributed by atoms with Crippen LogP contribution < -0.4 is 5.32 Å². The SMILES string of the molecule is CCC[C@H](NC(=O)c1cccc(C)c1)C(=O)O. The molecule has 0 radical (unpaired) electrons. The molecule has 1 rings (SSSR count). The predicted octanol–water partition coefficient (Wildman–Crippen LogP) is 1.98. The molecule has 1 amide bonds. The van der Waals surface area contributed by atoms with Crippen LogP contribution in [0.5, 0.6) is 0 Å². The highest BCUT2D eigenvalue weighted by Gasteiger charge is 2.19. The molecule has 4 heteroatoms. The summed E-state index contributed by atoms with van der Waals surface area (Å²) < 4.78 is 0. The number of aryl methyl sites for hydroxylation is 1. The van der Waals surface area contributed by atoms with E-state index in [1.165, 1.54) is 0 Å². The number of carbonyl (C=O) groups is 2. The Bertz CT molecular complexity index is 415. The molecule has 1 atom stereocenters. The molecule has 17 heavy (non-hydrogen) atoms. The number of hydrogen-bond acceptors (Lipinski definition) is 2. The summed E-state index contributed by atoms with van der Waals surface area (Å²) in [7, 11) is 0. The number of nitrogens with one attached hydrogen (secondary N) is 1. The van der Waals surface area contributed by atoms with Gasteiger partial charge in [0.2, 0.25) is 0 Å². The van der Waals surface area contributed by atoms with E-state index in [4.69, 9.17) is 5.11 Å². The molecule has 0 unspecified atom stereocenters. The van der Waals surface area contributed by atoms with Crippen molar-refractivity contribution < 1.29 is 14.7 Å². The van der Waals surface area contributed by atoms with Gasteiger partial charge in [-0.3, -0.25) is 4.79 Å². The third kappa shape index (κ3) is 3.90. The second-order valence-electron chi connectivity index (χ2n) is 4.02. The zero-order valence-electron chi connectivity index (χ0n) is 10.1. The number of hydrogen-bond donors (Lipinski definition) is 2. The van der Waals surface area contributed by atoms with E-state index < -0.39 is 12.0 Å². The molecule has 1 aromatic rings. The van der Waals surface area contributed by atoms with Crippen molar-refractivity contribution in [2.75, 3.05) is 0 Å². The maximum absolute atomic E-state index is 11.8. The van der Waals surface area contributed by atoms with Gasteiger partial charge in [0.1, 0.15) is 6.04 Å². The van der Waals surface area contributed by atoms with Crippen molar-refractivity contribution in [1.82, 2.24) is 5.32 Å². The van der Waals surface area contributed by atoms with Crippen molar-refractivity contribution in [2.24, 2.45) is 0 Å². The van der Waals surface area contributed by atoms with Crippen LogP contribution in [0.15, 0.2) is 24.3 Å². The zero-order chi connectivity index (χ0) is 12.8.